The van der Waals surface area contributed by atoms with Gasteiger partial charge in [0, 0.05) is 6.54 Å². The third kappa shape index (κ3) is 4.63. The third-order valence-electron chi connectivity index (χ3n) is 3.33. The standard InChI is InChI=1S/C14H21NO4/c1-2-14(9-16,10-17)15-8-12-5-3-11(4-6-12)7-13(18)19/h3-6,15-17H,2,7-10H2,1H3,(H,18,19). The highest BCUT2D eigenvalue weighted by molar-refractivity contribution is 5.70. The number of hydrogen-bond acceptors (Lipinski definition) is 4. The zero-order chi connectivity index (χ0) is 14.3. The van der Waals surface area contributed by atoms with Crippen LogP contribution in [-0.4, -0.2) is 40.0 Å². The van der Waals surface area contributed by atoms with Crippen LogP contribution in [0.5, 0.6) is 0 Å². The maximum absolute atomic E-state index is 10.6. The van der Waals surface area contributed by atoms with E-state index in [1.807, 2.05) is 19.1 Å². The van der Waals surface area contributed by atoms with E-state index in [4.69, 9.17) is 5.11 Å². The van der Waals surface area contributed by atoms with Crippen molar-refractivity contribution in [2.75, 3.05) is 13.2 Å². The second-order valence-electron chi connectivity index (χ2n) is 4.69. The van der Waals surface area contributed by atoms with E-state index in [2.05, 4.69) is 5.32 Å². The number of nitrogens with one attached hydrogen (secondary N) is 1. The van der Waals surface area contributed by atoms with Gasteiger partial charge in [-0.3, -0.25) is 4.79 Å². The monoisotopic (exact) mass is 267 g/mol. The Morgan fingerprint density at radius 3 is 2.11 bits per heavy atom. The Bertz CT molecular complexity index is 390. The second kappa shape index (κ2) is 7.23. The molecule has 0 saturated carbocycles. The molecule has 1 rings (SSSR count). The molecule has 1 aromatic rings. The van der Waals surface area contributed by atoms with Gasteiger partial charge in [-0.1, -0.05) is 31.2 Å². The number of aliphatic carboxylic acids is 1. The van der Waals surface area contributed by atoms with Gasteiger partial charge in [0.2, 0.25) is 0 Å². The number of hydrogen-bond donors (Lipinski definition) is 4. The van der Waals surface area contributed by atoms with Gasteiger partial charge in [-0.05, 0) is 17.5 Å². The molecule has 106 valence electrons. The average molecular weight is 267 g/mol. The molecule has 0 fully saturated rings. The highest BCUT2D eigenvalue weighted by Gasteiger charge is 2.25. The van der Waals surface area contributed by atoms with Crippen molar-refractivity contribution >= 4 is 5.97 Å². The molecule has 0 spiro atoms. The van der Waals surface area contributed by atoms with Crippen LogP contribution >= 0.6 is 0 Å². The molecular formula is C14H21NO4. The van der Waals surface area contributed by atoms with Gasteiger partial charge in [-0.15, -0.1) is 0 Å². The van der Waals surface area contributed by atoms with E-state index < -0.39 is 11.5 Å². The summed E-state index contributed by atoms with van der Waals surface area (Å²) in [6, 6.07) is 7.24. The summed E-state index contributed by atoms with van der Waals surface area (Å²) in [5, 5.41) is 30.4. The van der Waals surface area contributed by atoms with E-state index >= 15 is 0 Å². The van der Waals surface area contributed by atoms with Gasteiger partial charge in [0.1, 0.15) is 0 Å². The van der Waals surface area contributed by atoms with Gasteiger partial charge < -0.3 is 20.6 Å². The highest BCUT2D eigenvalue weighted by atomic mass is 16.4. The van der Waals surface area contributed by atoms with Crippen molar-refractivity contribution in [2.45, 2.75) is 31.8 Å². The first-order chi connectivity index (χ1) is 9.05. The van der Waals surface area contributed by atoms with E-state index in [1.54, 1.807) is 12.1 Å². The number of aliphatic hydroxyl groups excluding tert-OH is 2. The number of carbonyl (C=O) groups is 1. The van der Waals surface area contributed by atoms with Crippen molar-refractivity contribution in [1.82, 2.24) is 5.32 Å². The summed E-state index contributed by atoms with van der Waals surface area (Å²) in [4.78, 5) is 10.6. The lowest BCUT2D eigenvalue weighted by atomic mass is 9.98. The van der Waals surface area contributed by atoms with Crippen molar-refractivity contribution in [3.63, 3.8) is 0 Å². The molecule has 5 heteroatoms. The van der Waals surface area contributed by atoms with Gasteiger partial charge in [0.05, 0.1) is 25.2 Å². The first-order valence-electron chi connectivity index (χ1n) is 6.31. The topological polar surface area (TPSA) is 89.8 Å². The average Bonchev–Trinajstić information content (AvgIpc) is 2.42. The fourth-order valence-corrected chi connectivity index (χ4v) is 1.75. The van der Waals surface area contributed by atoms with Crippen LogP contribution in [0.1, 0.15) is 24.5 Å². The lowest BCUT2D eigenvalue weighted by Gasteiger charge is -2.29. The Morgan fingerprint density at radius 1 is 1.16 bits per heavy atom. The summed E-state index contributed by atoms with van der Waals surface area (Å²) in [6.07, 6.45) is 0.636. The first kappa shape index (κ1) is 15.6. The van der Waals surface area contributed by atoms with Crippen molar-refractivity contribution in [1.29, 1.82) is 0 Å². The molecule has 0 aromatic heterocycles. The fourth-order valence-electron chi connectivity index (χ4n) is 1.75. The molecule has 0 amide bonds. The number of aliphatic hydroxyl groups is 2. The van der Waals surface area contributed by atoms with Crippen LogP contribution in [0.25, 0.3) is 0 Å². The zero-order valence-electron chi connectivity index (χ0n) is 11.1. The largest absolute Gasteiger partial charge is 0.481 e. The molecule has 4 N–H and O–H groups in total. The number of carboxylic acids is 1. The van der Waals surface area contributed by atoms with Crippen LogP contribution in [0.3, 0.4) is 0 Å². The minimum Gasteiger partial charge on any atom is -0.481 e. The van der Waals surface area contributed by atoms with E-state index in [0.29, 0.717) is 13.0 Å². The Kier molecular flexibility index (Phi) is 5.95. The van der Waals surface area contributed by atoms with Gasteiger partial charge in [-0.2, -0.15) is 0 Å². The summed E-state index contributed by atoms with van der Waals surface area (Å²) in [5.74, 6) is -0.851. The molecule has 0 unspecified atom stereocenters. The third-order valence-corrected chi connectivity index (χ3v) is 3.33. The normalized spacial score (nSPS) is 11.5. The lowest BCUT2D eigenvalue weighted by molar-refractivity contribution is -0.136. The molecule has 0 bridgehead atoms. The minimum atomic E-state index is -0.851. The van der Waals surface area contributed by atoms with Gasteiger partial charge >= 0.3 is 5.97 Å². The maximum Gasteiger partial charge on any atom is 0.307 e. The summed E-state index contributed by atoms with van der Waals surface area (Å²) in [7, 11) is 0. The minimum absolute atomic E-state index is 0.0138. The first-order valence-corrected chi connectivity index (χ1v) is 6.31. The van der Waals surface area contributed by atoms with Crippen LogP contribution in [0.15, 0.2) is 24.3 Å². The van der Waals surface area contributed by atoms with Gasteiger partial charge in [0.15, 0.2) is 0 Å². The van der Waals surface area contributed by atoms with Crippen LogP contribution in [0, 0.1) is 0 Å². The SMILES string of the molecule is CCC(CO)(CO)NCc1ccc(CC(=O)O)cc1. The van der Waals surface area contributed by atoms with Crippen LogP contribution in [-0.2, 0) is 17.8 Å². The Labute approximate surface area is 112 Å². The second-order valence-corrected chi connectivity index (χ2v) is 4.69. The molecule has 0 aliphatic heterocycles. The zero-order valence-corrected chi connectivity index (χ0v) is 11.1. The molecule has 5 nitrogen and oxygen atoms in total. The van der Waals surface area contributed by atoms with E-state index in [9.17, 15) is 15.0 Å². The lowest BCUT2D eigenvalue weighted by Crippen LogP contribution is -2.50. The highest BCUT2D eigenvalue weighted by Crippen LogP contribution is 2.11. The van der Waals surface area contributed by atoms with Crippen molar-refractivity contribution < 1.29 is 20.1 Å². The summed E-state index contributed by atoms with van der Waals surface area (Å²) >= 11 is 0. The maximum atomic E-state index is 10.6. The summed E-state index contributed by atoms with van der Waals surface area (Å²) in [6.45, 7) is 2.16. The van der Waals surface area contributed by atoms with Crippen molar-refractivity contribution in [3.05, 3.63) is 35.4 Å². The van der Waals surface area contributed by atoms with Gasteiger partial charge in [0.25, 0.3) is 0 Å². The molecular weight excluding hydrogens is 246 g/mol. The molecule has 0 atom stereocenters. The summed E-state index contributed by atoms with van der Waals surface area (Å²) < 4.78 is 0. The molecule has 0 radical (unpaired) electrons. The van der Waals surface area contributed by atoms with Crippen molar-refractivity contribution in [3.8, 4) is 0 Å². The van der Waals surface area contributed by atoms with E-state index in [1.165, 1.54) is 0 Å². The Hall–Kier alpha value is -1.43. The quantitative estimate of drug-likeness (QED) is 0.552. The fraction of sp³-hybridized carbons (Fsp3) is 0.500. The van der Waals surface area contributed by atoms with Crippen LogP contribution < -0.4 is 5.32 Å². The van der Waals surface area contributed by atoms with Gasteiger partial charge in [-0.25, -0.2) is 0 Å². The molecule has 0 aliphatic carbocycles. The van der Waals surface area contributed by atoms with Crippen LogP contribution in [0.4, 0.5) is 0 Å². The predicted octanol–water partition coefficient (Wildman–Crippen LogP) is 0.537. The molecule has 0 saturated heterocycles. The molecule has 1 aromatic carbocycles. The van der Waals surface area contributed by atoms with E-state index in [0.717, 1.165) is 11.1 Å². The van der Waals surface area contributed by atoms with Crippen molar-refractivity contribution in [2.24, 2.45) is 0 Å². The predicted molar refractivity (Wildman–Crippen MR) is 71.8 cm³/mol. The number of rotatable bonds is 8. The molecule has 0 aliphatic rings. The smallest absolute Gasteiger partial charge is 0.307 e. The Morgan fingerprint density at radius 2 is 1.68 bits per heavy atom. The molecule has 0 heterocycles. The Balaban J connectivity index is 2.60. The van der Waals surface area contributed by atoms with Crippen LogP contribution in [0.2, 0.25) is 0 Å². The van der Waals surface area contributed by atoms with E-state index in [-0.39, 0.29) is 19.6 Å². The number of carboxylic acid groups (broad SMARTS) is 1. The molecule has 19 heavy (non-hydrogen) atoms. The number of benzene rings is 1. The summed E-state index contributed by atoms with van der Waals surface area (Å²) in [5.41, 5.74) is 1.07.